The Morgan fingerprint density at radius 2 is 1.73 bits per heavy atom. The number of carbonyl (C=O) groups is 3. The van der Waals surface area contributed by atoms with Crippen molar-refractivity contribution in [1.82, 2.24) is 10.2 Å². The largest absolute Gasteiger partial charge is 0.497 e. The third kappa shape index (κ3) is 2.88. The summed E-state index contributed by atoms with van der Waals surface area (Å²) in [4.78, 5) is 42.3. The zero-order valence-corrected chi connectivity index (χ0v) is 19.6. The lowest BCUT2D eigenvalue weighted by Crippen LogP contribution is -2.53. The zero-order chi connectivity index (χ0) is 23.7. The highest BCUT2D eigenvalue weighted by molar-refractivity contribution is 6.15. The minimum atomic E-state index is -1.24. The van der Waals surface area contributed by atoms with Crippen molar-refractivity contribution in [3.63, 3.8) is 0 Å². The maximum Gasteiger partial charge on any atom is 0.250 e. The van der Waals surface area contributed by atoms with Gasteiger partial charge in [0.05, 0.1) is 25.5 Å². The molecule has 2 N–H and O–H groups in total. The number of hydrogen-bond donors (Lipinski definition) is 2. The second-order valence-corrected chi connectivity index (χ2v) is 9.72. The molecule has 3 aliphatic rings. The number of anilines is 1. The van der Waals surface area contributed by atoms with Crippen LogP contribution in [-0.4, -0.2) is 35.8 Å². The van der Waals surface area contributed by atoms with E-state index in [9.17, 15) is 14.4 Å². The molecule has 1 spiro atoms. The summed E-state index contributed by atoms with van der Waals surface area (Å²) in [7, 11) is 1.59. The number of likely N-dealkylation sites (tertiary alicyclic amines) is 1. The maximum atomic E-state index is 13.8. The fourth-order valence-electron chi connectivity index (χ4n) is 5.75. The Kier molecular flexibility index (Phi) is 4.86. The number of imide groups is 1. The van der Waals surface area contributed by atoms with Crippen molar-refractivity contribution in [2.24, 2.45) is 17.8 Å². The van der Waals surface area contributed by atoms with E-state index >= 15 is 0 Å². The number of benzene rings is 2. The van der Waals surface area contributed by atoms with Gasteiger partial charge in [-0.2, -0.15) is 0 Å². The van der Waals surface area contributed by atoms with Gasteiger partial charge in [0.1, 0.15) is 11.3 Å². The highest BCUT2D eigenvalue weighted by Crippen LogP contribution is 2.54. The van der Waals surface area contributed by atoms with Crippen LogP contribution < -0.4 is 15.4 Å². The predicted octanol–water partition coefficient (Wildman–Crippen LogP) is 2.89. The van der Waals surface area contributed by atoms with Crippen molar-refractivity contribution in [3.8, 4) is 5.75 Å². The number of nitrogens with one attached hydrogen (secondary N) is 2. The quantitative estimate of drug-likeness (QED) is 0.704. The minimum absolute atomic E-state index is 0.0676. The van der Waals surface area contributed by atoms with Gasteiger partial charge in [-0.15, -0.1) is 0 Å². The Morgan fingerprint density at radius 1 is 1.03 bits per heavy atom. The van der Waals surface area contributed by atoms with E-state index in [1.54, 1.807) is 7.11 Å². The van der Waals surface area contributed by atoms with Crippen molar-refractivity contribution in [1.29, 1.82) is 0 Å². The van der Waals surface area contributed by atoms with E-state index < -0.39 is 17.4 Å². The standard InChI is InChI=1S/C26H29N3O4/c1-13(2)21-19-20(24(31)29(23(19)30)12-16-7-9-17(33-5)10-8-16)26(28-21)18-11-6-14(3)15(4)22(18)27-25(26)32/h6-11,13,19-21,28H,12H2,1-5H3,(H,27,32)/t19-,20-,21?,26?/m0/s1. The van der Waals surface area contributed by atoms with E-state index in [1.165, 1.54) is 4.90 Å². The Hall–Kier alpha value is -3.19. The van der Waals surface area contributed by atoms with Crippen LogP contribution in [0.5, 0.6) is 5.75 Å². The SMILES string of the molecule is COc1ccc(CN2C(=O)[C@@H]3C(C(C)C)NC4(C(=O)Nc5c4ccc(C)c5C)[C@@H]3C2=O)cc1. The highest BCUT2D eigenvalue weighted by atomic mass is 16.5. The number of fused-ring (bicyclic) bond motifs is 4. The first-order valence-electron chi connectivity index (χ1n) is 11.4. The Balaban J connectivity index is 1.59. The summed E-state index contributed by atoms with van der Waals surface area (Å²) < 4.78 is 5.21. The van der Waals surface area contributed by atoms with E-state index in [-0.39, 0.29) is 36.2 Å². The molecule has 0 radical (unpaired) electrons. The van der Waals surface area contributed by atoms with Crippen molar-refractivity contribution in [2.45, 2.75) is 45.8 Å². The fraction of sp³-hybridized carbons (Fsp3) is 0.423. The smallest absolute Gasteiger partial charge is 0.250 e. The summed E-state index contributed by atoms with van der Waals surface area (Å²) in [5.41, 5.74) is 3.16. The topological polar surface area (TPSA) is 87.7 Å². The molecule has 33 heavy (non-hydrogen) atoms. The first kappa shape index (κ1) is 21.6. The molecule has 0 saturated carbocycles. The van der Waals surface area contributed by atoms with Gasteiger partial charge < -0.3 is 10.1 Å². The molecule has 2 saturated heterocycles. The molecule has 2 aromatic carbocycles. The summed E-state index contributed by atoms with van der Waals surface area (Å²) in [5, 5.41) is 6.51. The van der Waals surface area contributed by atoms with E-state index in [1.807, 2.05) is 64.1 Å². The van der Waals surface area contributed by atoms with Crippen LogP contribution in [0.1, 0.15) is 36.1 Å². The van der Waals surface area contributed by atoms with Crippen molar-refractivity contribution >= 4 is 23.4 Å². The number of carbonyl (C=O) groups excluding carboxylic acids is 3. The van der Waals surface area contributed by atoms with Crippen molar-refractivity contribution in [3.05, 3.63) is 58.7 Å². The third-order valence-electron chi connectivity index (χ3n) is 7.67. The molecule has 0 bridgehead atoms. The molecule has 4 atom stereocenters. The average molecular weight is 448 g/mol. The number of amides is 3. The lowest BCUT2D eigenvalue weighted by molar-refractivity contribution is -0.143. The summed E-state index contributed by atoms with van der Waals surface area (Å²) in [6.45, 7) is 8.18. The third-order valence-corrected chi connectivity index (χ3v) is 7.67. The van der Waals surface area contributed by atoms with Crippen LogP contribution in [0.2, 0.25) is 0 Å². The fourth-order valence-corrected chi connectivity index (χ4v) is 5.75. The summed E-state index contributed by atoms with van der Waals surface area (Å²) >= 11 is 0. The minimum Gasteiger partial charge on any atom is -0.497 e. The molecule has 2 fully saturated rings. The zero-order valence-electron chi connectivity index (χ0n) is 19.6. The number of hydrogen-bond acceptors (Lipinski definition) is 5. The average Bonchev–Trinajstić information content (AvgIpc) is 3.38. The summed E-state index contributed by atoms with van der Waals surface area (Å²) in [6.07, 6.45) is 0. The Bertz CT molecular complexity index is 1170. The van der Waals surface area contributed by atoms with Gasteiger partial charge in [-0.3, -0.25) is 24.6 Å². The molecular weight excluding hydrogens is 418 g/mol. The van der Waals surface area contributed by atoms with Crippen LogP contribution in [0.4, 0.5) is 5.69 Å². The first-order valence-corrected chi connectivity index (χ1v) is 11.4. The maximum absolute atomic E-state index is 13.8. The van der Waals surface area contributed by atoms with Crippen LogP contribution in [0.3, 0.4) is 0 Å². The lowest BCUT2D eigenvalue weighted by atomic mass is 9.75. The van der Waals surface area contributed by atoms with Crippen molar-refractivity contribution in [2.75, 3.05) is 12.4 Å². The molecule has 3 amide bonds. The predicted molar refractivity (Wildman–Crippen MR) is 124 cm³/mol. The molecule has 172 valence electrons. The van der Waals surface area contributed by atoms with E-state index in [0.717, 1.165) is 27.9 Å². The van der Waals surface area contributed by atoms with Gasteiger partial charge in [0.2, 0.25) is 17.7 Å². The van der Waals surface area contributed by atoms with E-state index in [0.29, 0.717) is 5.75 Å². The molecule has 7 heteroatoms. The van der Waals surface area contributed by atoms with E-state index in [2.05, 4.69) is 10.6 Å². The number of aryl methyl sites for hydroxylation is 1. The molecule has 5 rings (SSSR count). The van der Waals surface area contributed by atoms with Crippen LogP contribution in [0.25, 0.3) is 0 Å². The van der Waals surface area contributed by atoms with Crippen molar-refractivity contribution < 1.29 is 19.1 Å². The highest BCUT2D eigenvalue weighted by Gasteiger charge is 2.70. The van der Waals surface area contributed by atoms with Gasteiger partial charge in [-0.25, -0.2) is 0 Å². The second kappa shape index (κ2) is 7.42. The van der Waals surface area contributed by atoms with Gasteiger partial charge in [0.25, 0.3) is 0 Å². The van der Waals surface area contributed by atoms with Gasteiger partial charge in [0.15, 0.2) is 0 Å². The molecule has 7 nitrogen and oxygen atoms in total. The summed E-state index contributed by atoms with van der Waals surface area (Å²) in [6, 6.07) is 10.9. The number of methoxy groups -OCH3 is 1. The number of ether oxygens (including phenoxy) is 1. The van der Waals surface area contributed by atoms with Crippen LogP contribution >= 0.6 is 0 Å². The molecular formula is C26H29N3O4. The number of nitrogens with zero attached hydrogens (tertiary/aromatic N) is 1. The van der Waals surface area contributed by atoms with Crippen LogP contribution in [0, 0.1) is 31.6 Å². The Labute approximate surface area is 193 Å². The van der Waals surface area contributed by atoms with Gasteiger partial charge >= 0.3 is 0 Å². The summed E-state index contributed by atoms with van der Waals surface area (Å²) in [5.74, 6) is -1.35. The Morgan fingerprint density at radius 3 is 2.36 bits per heavy atom. The van der Waals surface area contributed by atoms with E-state index in [4.69, 9.17) is 4.74 Å². The van der Waals surface area contributed by atoms with Gasteiger partial charge in [0, 0.05) is 17.3 Å². The molecule has 0 aliphatic carbocycles. The monoisotopic (exact) mass is 447 g/mol. The van der Waals surface area contributed by atoms with Gasteiger partial charge in [-0.05, 0) is 48.6 Å². The lowest BCUT2D eigenvalue weighted by Gasteiger charge is -2.30. The molecule has 2 unspecified atom stereocenters. The first-order chi connectivity index (χ1) is 15.7. The number of rotatable bonds is 4. The molecule has 2 aromatic rings. The second-order valence-electron chi connectivity index (χ2n) is 9.72. The van der Waals surface area contributed by atoms with Crippen LogP contribution in [-0.2, 0) is 26.5 Å². The van der Waals surface area contributed by atoms with Crippen LogP contribution in [0.15, 0.2) is 36.4 Å². The normalized spacial score (nSPS) is 28.0. The van der Waals surface area contributed by atoms with Gasteiger partial charge in [-0.1, -0.05) is 38.1 Å². The molecule has 0 aromatic heterocycles. The molecule has 3 heterocycles. The molecule has 3 aliphatic heterocycles.